The van der Waals surface area contributed by atoms with Gasteiger partial charge in [0.05, 0.1) is 0 Å². The van der Waals surface area contributed by atoms with Crippen LogP contribution in [0.2, 0.25) is 0 Å². The number of aryl methyl sites for hydroxylation is 2. The molecule has 0 heterocycles. The van der Waals surface area contributed by atoms with Gasteiger partial charge >= 0.3 is 6.03 Å². The maximum absolute atomic E-state index is 11.8. The van der Waals surface area contributed by atoms with Crippen LogP contribution in [0.4, 0.5) is 10.5 Å². The summed E-state index contributed by atoms with van der Waals surface area (Å²) in [4.78, 5) is 11.8. The maximum atomic E-state index is 11.8. The van der Waals surface area contributed by atoms with Crippen LogP contribution in [0.3, 0.4) is 0 Å². The van der Waals surface area contributed by atoms with E-state index in [0.29, 0.717) is 5.92 Å². The zero-order chi connectivity index (χ0) is 13.7. The van der Waals surface area contributed by atoms with Gasteiger partial charge in [-0.3, -0.25) is 0 Å². The number of benzene rings is 1. The number of carbonyl (C=O) groups is 1. The lowest BCUT2D eigenvalue weighted by atomic mass is 10.1. The molecule has 0 bridgehead atoms. The fourth-order valence-corrected chi connectivity index (χ4v) is 1.51. The molecule has 0 aliphatic heterocycles. The summed E-state index contributed by atoms with van der Waals surface area (Å²) in [6.45, 7) is 10.2. The largest absolute Gasteiger partial charge is 0.323 e. The Morgan fingerprint density at radius 1 is 1.22 bits per heavy atom. The van der Waals surface area contributed by atoms with Crippen LogP contribution >= 0.6 is 0 Å². The van der Waals surface area contributed by atoms with E-state index in [4.69, 9.17) is 0 Å². The van der Waals surface area contributed by atoms with Crippen molar-refractivity contribution in [3.63, 3.8) is 0 Å². The molecule has 3 nitrogen and oxygen atoms in total. The number of urea groups is 1. The van der Waals surface area contributed by atoms with Gasteiger partial charge < -0.3 is 10.6 Å². The van der Waals surface area contributed by atoms with Gasteiger partial charge in [0, 0.05) is 11.9 Å². The molecule has 0 spiro atoms. The first kappa shape index (κ1) is 14.3. The van der Waals surface area contributed by atoms with Crippen LogP contribution in [0.15, 0.2) is 30.0 Å². The van der Waals surface area contributed by atoms with Crippen molar-refractivity contribution in [3.05, 3.63) is 41.1 Å². The summed E-state index contributed by atoms with van der Waals surface area (Å²) in [5.41, 5.74) is 4.15. The lowest BCUT2D eigenvalue weighted by molar-refractivity contribution is 0.255. The molecule has 0 unspecified atom stereocenters. The first-order valence-corrected chi connectivity index (χ1v) is 6.22. The number of hydrogen-bond donors (Lipinski definition) is 2. The molecule has 0 aliphatic rings. The van der Waals surface area contributed by atoms with Gasteiger partial charge in [0.15, 0.2) is 0 Å². The maximum Gasteiger partial charge on any atom is 0.323 e. The molecule has 0 aliphatic carbocycles. The van der Waals surface area contributed by atoms with E-state index in [1.807, 2.05) is 39.0 Å². The first-order chi connectivity index (χ1) is 8.41. The molecule has 0 aromatic heterocycles. The number of hydrogen-bond acceptors (Lipinski definition) is 1. The Balaban J connectivity index is 2.69. The van der Waals surface area contributed by atoms with Crippen molar-refractivity contribution in [2.24, 2.45) is 5.92 Å². The highest BCUT2D eigenvalue weighted by Gasteiger charge is 2.05. The second-order valence-electron chi connectivity index (χ2n) is 4.91. The van der Waals surface area contributed by atoms with Crippen molar-refractivity contribution in [1.82, 2.24) is 5.32 Å². The van der Waals surface area contributed by atoms with Gasteiger partial charge in [-0.25, -0.2) is 4.79 Å². The minimum absolute atomic E-state index is 0.201. The number of allylic oxidation sites excluding steroid dienone is 1. The molecule has 0 fully saturated rings. The van der Waals surface area contributed by atoms with E-state index in [2.05, 4.69) is 24.5 Å². The van der Waals surface area contributed by atoms with Gasteiger partial charge in [0.2, 0.25) is 0 Å². The standard InChI is InChI=1S/C15H22N2O/c1-10(2)13(5)9-16-15(18)17-14-11(3)7-6-8-12(14)4/h6-10H,1-5H3,(H2,16,17,18)/b13-9+. The van der Waals surface area contributed by atoms with Gasteiger partial charge in [0.25, 0.3) is 0 Å². The number of nitrogens with one attached hydrogen (secondary N) is 2. The van der Waals surface area contributed by atoms with Gasteiger partial charge in [-0.05, 0) is 37.8 Å². The molecule has 18 heavy (non-hydrogen) atoms. The molecular weight excluding hydrogens is 224 g/mol. The van der Waals surface area contributed by atoms with Crippen molar-refractivity contribution in [2.45, 2.75) is 34.6 Å². The van der Waals surface area contributed by atoms with Crippen LogP contribution in [-0.4, -0.2) is 6.03 Å². The zero-order valence-electron chi connectivity index (χ0n) is 11.8. The fourth-order valence-electron chi connectivity index (χ4n) is 1.51. The van der Waals surface area contributed by atoms with Gasteiger partial charge in [-0.1, -0.05) is 37.6 Å². The Morgan fingerprint density at radius 3 is 2.28 bits per heavy atom. The van der Waals surface area contributed by atoms with Crippen LogP contribution in [0.5, 0.6) is 0 Å². The minimum atomic E-state index is -0.201. The Morgan fingerprint density at radius 2 is 1.78 bits per heavy atom. The van der Waals surface area contributed by atoms with Gasteiger partial charge in [-0.15, -0.1) is 0 Å². The molecule has 1 aromatic carbocycles. The zero-order valence-corrected chi connectivity index (χ0v) is 11.8. The number of carbonyl (C=O) groups excluding carboxylic acids is 1. The second-order valence-corrected chi connectivity index (χ2v) is 4.91. The highest BCUT2D eigenvalue weighted by atomic mass is 16.2. The predicted octanol–water partition coefficient (Wildman–Crippen LogP) is 3.98. The lowest BCUT2D eigenvalue weighted by Crippen LogP contribution is -2.25. The average molecular weight is 246 g/mol. The molecule has 1 aromatic rings. The quantitative estimate of drug-likeness (QED) is 0.832. The number of rotatable bonds is 3. The van der Waals surface area contributed by atoms with Crippen LogP contribution < -0.4 is 10.6 Å². The van der Waals surface area contributed by atoms with Crippen molar-refractivity contribution in [3.8, 4) is 0 Å². The molecule has 2 amide bonds. The molecule has 0 saturated heterocycles. The van der Waals surface area contributed by atoms with Gasteiger partial charge in [-0.2, -0.15) is 0 Å². The molecule has 2 N–H and O–H groups in total. The number of para-hydroxylation sites is 1. The van der Waals surface area contributed by atoms with E-state index in [9.17, 15) is 4.79 Å². The summed E-state index contributed by atoms with van der Waals surface area (Å²) in [6, 6.07) is 5.75. The van der Waals surface area contributed by atoms with Crippen molar-refractivity contribution >= 4 is 11.7 Å². The highest BCUT2D eigenvalue weighted by molar-refractivity contribution is 5.91. The van der Waals surface area contributed by atoms with Crippen molar-refractivity contribution in [2.75, 3.05) is 5.32 Å². The Labute approximate surface area is 109 Å². The topological polar surface area (TPSA) is 41.1 Å². The first-order valence-electron chi connectivity index (χ1n) is 6.22. The van der Waals surface area contributed by atoms with Crippen LogP contribution in [-0.2, 0) is 0 Å². The number of amides is 2. The molecule has 1 rings (SSSR count). The van der Waals surface area contributed by atoms with E-state index in [0.717, 1.165) is 22.4 Å². The Bertz CT molecular complexity index is 441. The normalized spacial score (nSPS) is 11.6. The minimum Gasteiger partial charge on any atom is -0.314 e. The molecule has 0 atom stereocenters. The summed E-state index contributed by atoms with van der Waals surface area (Å²) in [6.07, 6.45) is 1.76. The summed E-state index contributed by atoms with van der Waals surface area (Å²) >= 11 is 0. The molecule has 0 saturated carbocycles. The fraction of sp³-hybridized carbons (Fsp3) is 0.400. The molecule has 0 radical (unpaired) electrons. The monoisotopic (exact) mass is 246 g/mol. The smallest absolute Gasteiger partial charge is 0.314 e. The van der Waals surface area contributed by atoms with Crippen LogP contribution in [0.1, 0.15) is 31.9 Å². The summed E-state index contributed by atoms with van der Waals surface area (Å²) in [5, 5.41) is 5.63. The second kappa shape index (κ2) is 6.24. The Hall–Kier alpha value is -1.77. The van der Waals surface area contributed by atoms with Crippen LogP contribution in [0, 0.1) is 19.8 Å². The molecule has 98 valence electrons. The van der Waals surface area contributed by atoms with E-state index in [1.54, 1.807) is 6.20 Å². The summed E-state index contributed by atoms with van der Waals surface area (Å²) < 4.78 is 0. The summed E-state index contributed by atoms with van der Waals surface area (Å²) in [7, 11) is 0. The third-order valence-electron chi connectivity index (χ3n) is 3.06. The third kappa shape index (κ3) is 3.91. The Kier molecular flexibility index (Phi) is 4.95. The van der Waals surface area contributed by atoms with Crippen LogP contribution in [0.25, 0.3) is 0 Å². The van der Waals surface area contributed by atoms with Crippen molar-refractivity contribution in [1.29, 1.82) is 0 Å². The average Bonchev–Trinajstić information content (AvgIpc) is 2.30. The van der Waals surface area contributed by atoms with E-state index < -0.39 is 0 Å². The van der Waals surface area contributed by atoms with Gasteiger partial charge in [0.1, 0.15) is 0 Å². The summed E-state index contributed by atoms with van der Waals surface area (Å²) in [5.74, 6) is 0.436. The highest BCUT2D eigenvalue weighted by Crippen LogP contribution is 2.19. The van der Waals surface area contributed by atoms with E-state index in [-0.39, 0.29) is 6.03 Å². The van der Waals surface area contributed by atoms with Crippen molar-refractivity contribution < 1.29 is 4.79 Å². The lowest BCUT2D eigenvalue weighted by Gasteiger charge is -2.12. The van der Waals surface area contributed by atoms with E-state index in [1.165, 1.54) is 0 Å². The molecular formula is C15H22N2O. The number of anilines is 1. The van der Waals surface area contributed by atoms with E-state index >= 15 is 0 Å². The predicted molar refractivity (Wildman–Crippen MR) is 76.7 cm³/mol. The molecule has 3 heteroatoms. The third-order valence-corrected chi connectivity index (χ3v) is 3.06. The SMILES string of the molecule is C/C(=C\NC(=O)Nc1c(C)cccc1C)C(C)C.